The van der Waals surface area contributed by atoms with Crippen molar-refractivity contribution in [3.8, 4) is 0 Å². The van der Waals surface area contributed by atoms with Crippen molar-refractivity contribution in [2.75, 3.05) is 12.4 Å². The van der Waals surface area contributed by atoms with E-state index >= 15 is 0 Å². The van der Waals surface area contributed by atoms with Crippen LogP contribution < -0.4 is 10.6 Å². The highest BCUT2D eigenvalue weighted by atomic mass is 19.1. The number of nitrogens with zero attached hydrogens (tertiary/aromatic N) is 3. The van der Waals surface area contributed by atoms with Crippen molar-refractivity contribution in [2.45, 2.75) is 19.5 Å². The molecule has 0 aliphatic heterocycles. The molecule has 1 amide bonds. The molecule has 20 heavy (non-hydrogen) atoms. The lowest BCUT2D eigenvalue weighted by atomic mass is 10.2. The Bertz CT molecular complexity index is 584. The third-order valence-corrected chi connectivity index (χ3v) is 2.73. The zero-order chi connectivity index (χ0) is 14.5. The number of carbonyl (C=O) groups excluding carboxylic acids is 1. The van der Waals surface area contributed by atoms with Crippen molar-refractivity contribution in [1.82, 2.24) is 20.1 Å². The molecule has 6 nitrogen and oxygen atoms in total. The normalized spacial score (nSPS) is 11.9. The van der Waals surface area contributed by atoms with Crippen LogP contribution in [0.15, 0.2) is 30.7 Å². The quantitative estimate of drug-likeness (QED) is 0.863. The molecule has 2 aromatic heterocycles. The first-order valence-electron chi connectivity index (χ1n) is 6.21. The van der Waals surface area contributed by atoms with Gasteiger partial charge in [0.25, 0.3) is 5.91 Å². The molecule has 0 spiro atoms. The number of anilines is 1. The predicted octanol–water partition coefficient (Wildman–Crippen LogP) is 1.28. The van der Waals surface area contributed by atoms with Gasteiger partial charge in [-0.1, -0.05) is 0 Å². The number of amides is 1. The van der Waals surface area contributed by atoms with Crippen LogP contribution in [0.1, 0.15) is 17.3 Å². The van der Waals surface area contributed by atoms with Gasteiger partial charge in [0.1, 0.15) is 11.6 Å². The Morgan fingerprint density at radius 3 is 3.00 bits per heavy atom. The Kier molecular flexibility index (Phi) is 4.29. The molecule has 1 unspecified atom stereocenters. The maximum Gasteiger partial charge on any atom is 0.255 e. The van der Waals surface area contributed by atoms with Gasteiger partial charge in [-0.2, -0.15) is 5.10 Å². The standard InChI is InChI=1S/C13H16FN5O/c1-9(8-19-5-3-4-17-19)18-13(20)11-6-10(14)7-16-12(11)15-2/h3-7,9H,8H2,1-2H3,(H,15,16)(H,18,20). The average molecular weight is 277 g/mol. The first-order valence-corrected chi connectivity index (χ1v) is 6.21. The molecule has 0 aliphatic rings. The van der Waals surface area contributed by atoms with E-state index in [1.807, 2.05) is 19.2 Å². The maximum atomic E-state index is 13.2. The number of hydrogen-bond donors (Lipinski definition) is 2. The van der Waals surface area contributed by atoms with Crippen LogP contribution in [-0.2, 0) is 6.54 Å². The monoisotopic (exact) mass is 277 g/mol. The highest BCUT2D eigenvalue weighted by Gasteiger charge is 2.15. The number of hydrogen-bond acceptors (Lipinski definition) is 4. The number of aromatic nitrogens is 3. The molecule has 2 N–H and O–H groups in total. The molecule has 7 heteroatoms. The summed E-state index contributed by atoms with van der Waals surface area (Å²) in [4.78, 5) is 16.0. The molecule has 0 aliphatic carbocycles. The number of carbonyl (C=O) groups is 1. The third kappa shape index (κ3) is 3.31. The van der Waals surface area contributed by atoms with Crippen LogP contribution >= 0.6 is 0 Å². The van der Waals surface area contributed by atoms with Gasteiger partial charge in [-0.3, -0.25) is 9.48 Å². The summed E-state index contributed by atoms with van der Waals surface area (Å²) in [6.45, 7) is 2.39. The first kappa shape index (κ1) is 14.0. The van der Waals surface area contributed by atoms with Crippen molar-refractivity contribution in [2.24, 2.45) is 0 Å². The lowest BCUT2D eigenvalue weighted by Gasteiger charge is -2.15. The minimum atomic E-state index is -0.547. The van der Waals surface area contributed by atoms with E-state index in [4.69, 9.17) is 0 Å². The smallest absolute Gasteiger partial charge is 0.255 e. The zero-order valence-corrected chi connectivity index (χ0v) is 11.3. The summed E-state index contributed by atoms with van der Waals surface area (Å²) >= 11 is 0. The van der Waals surface area contributed by atoms with E-state index in [9.17, 15) is 9.18 Å². The van der Waals surface area contributed by atoms with Gasteiger partial charge in [0.05, 0.1) is 18.3 Å². The summed E-state index contributed by atoms with van der Waals surface area (Å²) in [5, 5.41) is 9.62. The van der Waals surface area contributed by atoms with Gasteiger partial charge in [-0.15, -0.1) is 0 Å². The van der Waals surface area contributed by atoms with Crippen LogP contribution in [0.25, 0.3) is 0 Å². The van der Waals surface area contributed by atoms with E-state index in [-0.39, 0.29) is 17.5 Å². The average Bonchev–Trinajstić information content (AvgIpc) is 2.91. The molecular formula is C13H16FN5O. The van der Waals surface area contributed by atoms with Crippen LogP contribution in [0.4, 0.5) is 10.2 Å². The fourth-order valence-corrected chi connectivity index (χ4v) is 1.85. The van der Waals surface area contributed by atoms with Crippen molar-refractivity contribution >= 4 is 11.7 Å². The Morgan fingerprint density at radius 2 is 2.35 bits per heavy atom. The molecule has 0 fully saturated rings. The van der Waals surface area contributed by atoms with Gasteiger partial charge in [-0.05, 0) is 19.1 Å². The molecule has 0 aromatic carbocycles. The minimum Gasteiger partial charge on any atom is -0.372 e. The van der Waals surface area contributed by atoms with Crippen LogP contribution in [0.3, 0.4) is 0 Å². The van der Waals surface area contributed by atoms with Crippen molar-refractivity contribution in [1.29, 1.82) is 0 Å². The minimum absolute atomic E-state index is 0.143. The van der Waals surface area contributed by atoms with Crippen LogP contribution in [0.5, 0.6) is 0 Å². The lowest BCUT2D eigenvalue weighted by Crippen LogP contribution is -2.36. The van der Waals surface area contributed by atoms with Crippen LogP contribution in [0, 0.1) is 5.82 Å². The first-order chi connectivity index (χ1) is 9.60. The van der Waals surface area contributed by atoms with E-state index in [0.717, 1.165) is 12.3 Å². The van der Waals surface area contributed by atoms with Gasteiger partial charge >= 0.3 is 0 Å². The number of nitrogens with one attached hydrogen (secondary N) is 2. The van der Waals surface area contributed by atoms with E-state index in [0.29, 0.717) is 12.4 Å². The Labute approximate surface area is 116 Å². The van der Waals surface area contributed by atoms with Crippen molar-refractivity contribution in [3.05, 3.63) is 42.1 Å². The molecule has 0 saturated carbocycles. The summed E-state index contributed by atoms with van der Waals surface area (Å²) in [6, 6.07) is 2.83. The second-order valence-electron chi connectivity index (χ2n) is 4.40. The van der Waals surface area contributed by atoms with Crippen molar-refractivity contribution < 1.29 is 9.18 Å². The van der Waals surface area contributed by atoms with E-state index in [1.165, 1.54) is 0 Å². The molecule has 2 rings (SSSR count). The SMILES string of the molecule is CNc1ncc(F)cc1C(=O)NC(C)Cn1cccn1. The van der Waals surface area contributed by atoms with E-state index in [2.05, 4.69) is 20.7 Å². The summed E-state index contributed by atoms with van der Waals surface area (Å²) in [5.74, 6) is -0.579. The molecule has 106 valence electrons. The summed E-state index contributed by atoms with van der Waals surface area (Å²) in [7, 11) is 1.63. The fraction of sp³-hybridized carbons (Fsp3) is 0.308. The molecule has 0 bridgehead atoms. The number of halogens is 1. The summed E-state index contributed by atoms with van der Waals surface area (Å²) < 4.78 is 14.9. The fourth-order valence-electron chi connectivity index (χ4n) is 1.85. The predicted molar refractivity (Wildman–Crippen MR) is 72.9 cm³/mol. The number of rotatable bonds is 5. The van der Waals surface area contributed by atoms with Crippen LogP contribution in [0.2, 0.25) is 0 Å². The molecule has 2 aromatic rings. The largest absolute Gasteiger partial charge is 0.372 e. The molecular weight excluding hydrogens is 261 g/mol. The molecule has 0 saturated heterocycles. The van der Waals surface area contributed by atoms with Crippen LogP contribution in [-0.4, -0.2) is 33.8 Å². The Balaban J connectivity index is 2.06. The van der Waals surface area contributed by atoms with Gasteiger partial charge < -0.3 is 10.6 Å². The van der Waals surface area contributed by atoms with Gasteiger partial charge in [-0.25, -0.2) is 9.37 Å². The molecule has 0 radical (unpaired) electrons. The van der Waals surface area contributed by atoms with Gasteiger partial charge in [0.2, 0.25) is 0 Å². The maximum absolute atomic E-state index is 13.2. The van der Waals surface area contributed by atoms with E-state index in [1.54, 1.807) is 17.9 Å². The van der Waals surface area contributed by atoms with Crippen molar-refractivity contribution in [3.63, 3.8) is 0 Å². The topological polar surface area (TPSA) is 71.8 Å². The zero-order valence-electron chi connectivity index (χ0n) is 11.3. The Hall–Kier alpha value is -2.44. The molecule has 1 atom stereocenters. The highest BCUT2D eigenvalue weighted by Crippen LogP contribution is 2.13. The second kappa shape index (κ2) is 6.14. The summed E-state index contributed by atoms with van der Waals surface area (Å²) in [6.07, 6.45) is 4.55. The van der Waals surface area contributed by atoms with Gasteiger partial charge in [0.15, 0.2) is 0 Å². The Morgan fingerprint density at radius 1 is 1.55 bits per heavy atom. The summed E-state index contributed by atoms with van der Waals surface area (Å²) in [5.41, 5.74) is 0.180. The third-order valence-electron chi connectivity index (χ3n) is 2.73. The molecule has 2 heterocycles. The van der Waals surface area contributed by atoms with Gasteiger partial charge in [0, 0.05) is 25.5 Å². The lowest BCUT2D eigenvalue weighted by molar-refractivity contribution is 0.0936. The second-order valence-corrected chi connectivity index (χ2v) is 4.40. The highest BCUT2D eigenvalue weighted by molar-refractivity contribution is 5.98. The number of pyridine rings is 1. The van der Waals surface area contributed by atoms with E-state index < -0.39 is 5.82 Å².